The van der Waals surface area contributed by atoms with Gasteiger partial charge in [-0.05, 0) is 74.9 Å². The van der Waals surface area contributed by atoms with Crippen molar-refractivity contribution in [3.8, 4) is 17.5 Å². The van der Waals surface area contributed by atoms with Crippen LogP contribution in [0.3, 0.4) is 0 Å². The Labute approximate surface area is 300 Å². The number of carbonyl (C=O) groups excluding carboxylic acids is 3. The number of hydrogen-bond donors (Lipinski definition) is 5. The van der Waals surface area contributed by atoms with Gasteiger partial charge in [-0.2, -0.15) is 0 Å². The molecule has 3 amide bonds. The van der Waals surface area contributed by atoms with Gasteiger partial charge in [-0.1, -0.05) is 53.6 Å². The van der Waals surface area contributed by atoms with Gasteiger partial charge in [0.25, 0.3) is 0 Å². The summed E-state index contributed by atoms with van der Waals surface area (Å²) < 4.78 is 5.95. The third-order valence-corrected chi connectivity index (χ3v) is 9.26. The smallest absolute Gasteiger partial charge is 0.245 e. The predicted octanol–water partition coefficient (Wildman–Crippen LogP) is 1.79. The van der Waals surface area contributed by atoms with Crippen molar-refractivity contribution < 1.29 is 34.4 Å². The Kier molecular flexibility index (Phi) is 15.4. The van der Waals surface area contributed by atoms with Crippen molar-refractivity contribution in [1.82, 2.24) is 20.4 Å². The number of hydrogen-bond acceptors (Lipinski definition) is 8. The third kappa shape index (κ3) is 11.6. The number of amides is 3. The van der Waals surface area contributed by atoms with Gasteiger partial charge in [0.05, 0.1) is 13.1 Å². The molecule has 1 aliphatic heterocycles. The number of likely N-dealkylation sites (N-methyl/N-ethyl adjacent to an activating group) is 2. The molecule has 50 heavy (non-hydrogen) atoms. The number of aryl methyl sites for hydroxylation is 2. The van der Waals surface area contributed by atoms with E-state index in [1.165, 1.54) is 16.1 Å². The Morgan fingerprint density at radius 3 is 2.36 bits per heavy atom. The average molecular weight is 709 g/mol. The van der Waals surface area contributed by atoms with Gasteiger partial charge in [0, 0.05) is 32.8 Å². The lowest BCUT2D eigenvalue weighted by molar-refractivity contribution is -0.209. The van der Waals surface area contributed by atoms with Crippen LogP contribution in [0.2, 0.25) is 0 Å². The van der Waals surface area contributed by atoms with Gasteiger partial charge in [0.15, 0.2) is 0 Å². The molecule has 0 radical (unpaired) electrons. The van der Waals surface area contributed by atoms with Crippen LogP contribution in [0.25, 0.3) is 0 Å². The van der Waals surface area contributed by atoms with Gasteiger partial charge in [0.2, 0.25) is 17.7 Å². The van der Waals surface area contributed by atoms with E-state index in [-0.39, 0.29) is 37.2 Å². The van der Waals surface area contributed by atoms with Crippen LogP contribution < -0.4 is 10.6 Å². The van der Waals surface area contributed by atoms with Gasteiger partial charge in [0.1, 0.15) is 36.1 Å². The molecule has 1 fully saturated rings. The van der Waals surface area contributed by atoms with Crippen molar-refractivity contribution in [3.05, 3.63) is 70.3 Å². The van der Waals surface area contributed by atoms with Crippen LogP contribution in [0.5, 0.6) is 0 Å². The highest BCUT2D eigenvalue weighted by atomic mass is 32.1. The van der Waals surface area contributed by atoms with E-state index in [4.69, 9.17) is 11.2 Å². The third-order valence-electron chi connectivity index (χ3n) is 8.79. The topological polar surface area (TPSA) is 152 Å². The van der Waals surface area contributed by atoms with E-state index in [1.807, 2.05) is 37.3 Å². The Hall–Kier alpha value is -3.79. The van der Waals surface area contributed by atoms with Crippen LogP contribution in [0, 0.1) is 24.5 Å². The second kappa shape index (κ2) is 19.0. The van der Waals surface area contributed by atoms with Crippen molar-refractivity contribution in [2.45, 2.75) is 82.5 Å². The SMILES string of the molecule is C#CCN(C)C(=O)CN(C)CCNC(=O)C(C)(C)NC(=O)CCCc1ccc(Cc2cc([C@@H]3OC(C#SC)[C@@H](O)[C@H](O)[C@H]3O)ccc2C)cc1. The summed E-state index contributed by atoms with van der Waals surface area (Å²) >= 11 is 1.26. The molecule has 5 N–H and O–H groups in total. The maximum Gasteiger partial charge on any atom is 0.245 e. The highest BCUT2D eigenvalue weighted by molar-refractivity contribution is 7.87. The Balaban J connectivity index is 1.46. The molecule has 0 aromatic heterocycles. The zero-order valence-corrected chi connectivity index (χ0v) is 30.8. The summed E-state index contributed by atoms with van der Waals surface area (Å²) in [6.07, 6.45) is 3.76. The van der Waals surface area contributed by atoms with Gasteiger partial charge < -0.3 is 35.6 Å². The summed E-state index contributed by atoms with van der Waals surface area (Å²) in [5, 5.41) is 40.0. The summed E-state index contributed by atoms with van der Waals surface area (Å²) in [6, 6.07) is 14.0. The van der Waals surface area contributed by atoms with E-state index < -0.39 is 36.1 Å². The van der Waals surface area contributed by atoms with Crippen LogP contribution in [0.4, 0.5) is 0 Å². The summed E-state index contributed by atoms with van der Waals surface area (Å²) in [7, 11) is 3.43. The minimum Gasteiger partial charge on any atom is -0.387 e. The predicted molar refractivity (Wildman–Crippen MR) is 196 cm³/mol. The molecule has 0 aliphatic carbocycles. The highest BCUT2D eigenvalue weighted by Gasteiger charge is 2.43. The van der Waals surface area contributed by atoms with Crippen molar-refractivity contribution in [2.24, 2.45) is 0 Å². The molecular weight excluding hydrogens is 657 g/mol. The molecular formula is C38H52N4O7S. The van der Waals surface area contributed by atoms with E-state index in [0.717, 1.165) is 22.3 Å². The lowest BCUT2D eigenvalue weighted by atomic mass is 9.89. The highest BCUT2D eigenvalue weighted by Crippen LogP contribution is 2.33. The summed E-state index contributed by atoms with van der Waals surface area (Å²) in [5.41, 5.74) is 3.94. The van der Waals surface area contributed by atoms with Gasteiger partial charge in [-0.25, -0.2) is 0 Å². The molecule has 1 aliphatic rings. The summed E-state index contributed by atoms with van der Waals surface area (Å²) in [6.45, 7) is 6.55. The number of aliphatic hydroxyl groups excluding tert-OH is 3. The van der Waals surface area contributed by atoms with Crippen molar-refractivity contribution in [3.63, 3.8) is 0 Å². The van der Waals surface area contributed by atoms with Gasteiger partial charge in [-0.3, -0.25) is 19.3 Å². The number of ether oxygens (including phenoxy) is 1. The molecule has 11 nitrogen and oxygen atoms in total. The lowest BCUT2D eigenvalue weighted by Gasteiger charge is -2.39. The number of rotatable bonds is 15. The van der Waals surface area contributed by atoms with E-state index in [9.17, 15) is 29.7 Å². The first-order valence-electron chi connectivity index (χ1n) is 16.8. The van der Waals surface area contributed by atoms with E-state index in [1.54, 1.807) is 39.1 Å². The molecule has 2 aromatic rings. The zero-order chi connectivity index (χ0) is 37.0. The minimum atomic E-state index is -1.35. The number of carbonyl (C=O) groups is 3. The maximum absolute atomic E-state index is 12.8. The van der Waals surface area contributed by atoms with Crippen LogP contribution in [0.1, 0.15) is 60.6 Å². The Morgan fingerprint density at radius 1 is 1.02 bits per heavy atom. The molecule has 1 saturated heterocycles. The first-order valence-corrected chi connectivity index (χ1v) is 18.0. The second-order valence-electron chi connectivity index (χ2n) is 13.4. The van der Waals surface area contributed by atoms with Crippen LogP contribution in [0.15, 0.2) is 42.5 Å². The molecule has 2 aromatic carbocycles. The van der Waals surface area contributed by atoms with Crippen LogP contribution in [-0.2, 0) is 32.0 Å². The number of benzene rings is 2. The van der Waals surface area contributed by atoms with E-state index in [0.29, 0.717) is 37.9 Å². The molecule has 1 heterocycles. The summed E-state index contributed by atoms with van der Waals surface area (Å²) in [4.78, 5) is 40.9. The molecule has 3 rings (SSSR count). The second-order valence-corrected chi connectivity index (χ2v) is 14.1. The molecule has 0 bridgehead atoms. The summed E-state index contributed by atoms with van der Waals surface area (Å²) in [5.74, 6) is 1.82. The van der Waals surface area contributed by atoms with Gasteiger partial charge >= 0.3 is 0 Å². The fraction of sp³-hybridized carbons (Fsp3) is 0.526. The maximum atomic E-state index is 12.8. The largest absolute Gasteiger partial charge is 0.387 e. The van der Waals surface area contributed by atoms with Crippen LogP contribution in [-0.4, -0.2) is 119 Å². The first kappa shape index (κ1) is 40.6. The molecule has 5 atom stereocenters. The van der Waals surface area contributed by atoms with Crippen molar-refractivity contribution >= 4 is 28.9 Å². The van der Waals surface area contributed by atoms with Crippen molar-refractivity contribution in [1.29, 1.82) is 0 Å². The average Bonchev–Trinajstić information content (AvgIpc) is 3.06. The lowest BCUT2D eigenvalue weighted by Crippen LogP contribution is -2.55. The quantitative estimate of drug-likeness (QED) is 0.176. The standard InChI is InChI=1S/C38H52N4O7S/c1-8-19-42(6)32(44)23-41(5)20-18-39-37(48)38(3,4)40-31(43)11-9-10-26-13-15-27(16-14-26)21-29-22-28(17-12-25(29)2)36-35(47)34(46)33(45)30(49-36)24-50-7/h1,12-17,22,30,33-36,45-47H,9-11,18-21,23H2,2-7H3,(H,39,48)(H,40,43)/t30?,33-,34+,35-,36+/m1/s1. The fourth-order valence-corrected chi connectivity index (χ4v) is 6.06. The normalized spacial score (nSPS) is 20.4. The number of terminal acetylenes is 1. The van der Waals surface area contributed by atoms with Gasteiger partial charge in [-0.15, -0.1) is 17.6 Å². The van der Waals surface area contributed by atoms with E-state index in [2.05, 4.69) is 33.9 Å². The number of nitrogens with one attached hydrogen (secondary N) is 2. The van der Waals surface area contributed by atoms with E-state index >= 15 is 0 Å². The molecule has 1 unspecified atom stereocenters. The molecule has 272 valence electrons. The van der Waals surface area contributed by atoms with Crippen LogP contribution >= 0.6 is 11.2 Å². The number of nitrogens with zero attached hydrogens (tertiary/aromatic N) is 2. The fourth-order valence-electron chi connectivity index (χ4n) is 5.63. The molecule has 0 spiro atoms. The monoisotopic (exact) mass is 708 g/mol. The molecule has 12 heteroatoms. The zero-order valence-electron chi connectivity index (χ0n) is 29.9. The van der Waals surface area contributed by atoms with Crippen molar-refractivity contribution in [2.75, 3.05) is 46.5 Å². The Morgan fingerprint density at radius 2 is 1.70 bits per heavy atom. The Bertz CT molecular complexity index is 1580. The molecule has 0 saturated carbocycles. The minimum absolute atomic E-state index is 0.104. The first-order chi connectivity index (χ1) is 23.7. The number of aliphatic hydroxyl groups is 3.